The van der Waals surface area contributed by atoms with Crippen molar-refractivity contribution in [2.45, 2.75) is 12.8 Å². The van der Waals surface area contributed by atoms with Crippen LogP contribution in [0.3, 0.4) is 0 Å². The van der Waals surface area contributed by atoms with Gasteiger partial charge in [-0.05, 0) is 31.0 Å². The minimum absolute atomic E-state index is 0.0496. The number of benzene rings is 1. The molecule has 0 fully saturated rings. The molecule has 0 saturated heterocycles. The highest BCUT2D eigenvalue weighted by atomic mass is 19.1. The number of hydrogen-bond acceptors (Lipinski definition) is 0. The Labute approximate surface area is 69.0 Å². The van der Waals surface area contributed by atoms with Crippen molar-refractivity contribution in [1.82, 2.24) is 0 Å². The van der Waals surface area contributed by atoms with E-state index >= 15 is 0 Å². The van der Waals surface area contributed by atoms with Gasteiger partial charge in [0.15, 0.2) is 0 Å². The molecule has 12 heavy (non-hydrogen) atoms. The standard InChI is InChI=1S/C9H8F3/c10-6-2-3-7-8(11)4-1-5-9(7)12/h4-5H,2-3,6H2. The van der Waals surface area contributed by atoms with Gasteiger partial charge in [-0.2, -0.15) is 0 Å². The summed E-state index contributed by atoms with van der Waals surface area (Å²) in [5, 5.41) is 0. The van der Waals surface area contributed by atoms with Crippen LogP contribution in [0.4, 0.5) is 13.2 Å². The Hall–Kier alpha value is -0.990. The first kappa shape index (κ1) is 9.10. The molecule has 0 atom stereocenters. The van der Waals surface area contributed by atoms with E-state index in [-0.39, 0.29) is 18.4 Å². The molecule has 0 aromatic heterocycles. The van der Waals surface area contributed by atoms with E-state index in [9.17, 15) is 13.2 Å². The van der Waals surface area contributed by atoms with Gasteiger partial charge in [0.05, 0.1) is 6.67 Å². The summed E-state index contributed by atoms with van der Waals surface area (Å²) in [5.41, 5.74) is -0.0496. The average molecular weight is 173 g/mol. The normalized spacial score (nSPS) is 10.2. The Morgan fingerprint density at radius 2 is 1.75 bits per heavy atom. The summed E-state index contributed by atoms with van der Waals surface area (Å²) in [6.45, 7) is -0.558. The molecule has 0 saturated carbocycles. The van der Waals surface area contributed by atoms with Gasteiger partial charge in [-0.25, -0.2) is 8.78 Å². The lowest BCUT2D eigenvalue weighted by Crippen LogP contribution is -1.96. The van der Waals surface area contributed by atoms with Gasteiger partial charge in [-0.15, -0.1) is 0 Å². The molecule has 0 aliphatic rings. The van der Waals surface area contributed by atoms with Crippen molar-refractivity contribution in [3.63, 3.8) is 0 Å². The van der Waals surface area contributed by atoms with Crippen LogP contribution in [0, 0.1) is 17.7 Å². The fourth-order valence-electron chi connectivity index (χ4n) is 0.959. The maximum absolute atomic E-state index is 12.8. The fraction of sp³-hybridized carbons (Fsp3) is 0.333. The van der Waals surface area contributed by atoms with E-state index in [0.717, 1.165) is 12.1 Å². The van der Waals surface area contributed by atoms with Crippen molar-refractivity contribution < 1.29 is 13.2 Å². The van der Waals surface area contributed by atoms with E-state index < -0.39 is 18.3 Å². The molecule has 65 valence electrons. The molecular formula is C9H8F3. The number of halogens is 3. The van der Waals surface area contributed by atoms with E-state index in [4.69, 9.17) is 0 Å². The van der Waals surface area contributed by atoms with E-state index in [2.05, 4.69) is 6.07 Å². The number of hydrogen-bond donors (Lipinski definition) is 0. The summed E-state index contributed by atoms with van der Waals surface area (Å²) >= 11 is 0. The van der Waals surface area contributed by atoms with Crippen molar-refractivity contribution in [3.05, 3.63) is 35.4 Å². The second kappa shape index (κ2) is 4.14. The third-order valence-electron chi connectivity index (χ3n) is 1.56. The van der Waals surface area contributed by atoms with E-state index in [1.807, 2.05) is 0 Å². The average Bonchev–Trinajstić information content (AvgIpc) is 2.04. The zero-order valence-corrected chi connectivity index (χ0v) is 6.41. The Morgan fingerprint density at radius 3 is 2.25 bits per heavy atom. The predicted molar refractivity (Wildman–Crippen MR) is 39.5 cm³/mol. The number of alkyl halides is 1. The minimum Gasteiger partial charge on any atom is -0.251 e. The Bertz CT molecular complexity index is 238. The van der Waals surface area contributed by atoms with Crippen LogP contribution in [-0.2, 0) is 6.42 Å². The molecule has 0 amide bonds. The van der Waals surface area contributed by atoms with Gasteiger partial charge in [0.1, 0.15) is 11.6 Å². The largest absolute Gasteiger partial charge is 0.251 e. The molecule has 3 heteroatoms. The summed E-state index contributed by atoms with van der Waals surface area (Å²) in [7, 11) is 0. The first-order valence-corrected chi connectivity index (χ1v) is 3.65. The Balaban J connectivity index is 2.81. The smallest absolute Gasteiger partial charge is 0.129 e. The highest BCUT2D eigenvalue weighted by Gasteiger charge is 2.06. The van der Waals surface area contributed by atoms with Crippen LogP contribution in [0.25, 0.3) is 0 Å². The lowest BCUT2D eigenvalue weighted by atomic mass is 10.1. The molecule has 0 unspecified atom stereocenters. The van der Waals surface area contributed by atoms with E-state index in [0.29, 0.717) is 0 Å². The molecule has 0 N–H and O–H groups in total. The first-order chi connectivity index (χ1) is 5.75. The topological polar surface area (TPSA) is 0 Å². The van der Waals surface area contributed by atoms with Crippen molar-refractivity contribution >= 4 is 0 Å². The van der Waals surface area contributed by atoms with E-state index in [1.165, 1.54) is 0 Å². The molecule has 0 aliphatic heterocycles. The fourth-order valence-corrected chi connectivity index (χ4v) is 0.959. The van der Waals surface area contributed by atoms with Gasteiger partial charge in [0.2, 0.25) is 0 Å². The lowest BCUT2D eigenvalue weighted by molar-refractivity contribution is 0.462. The first-order valence-electron chi connectivity index (χ1n) is 3.65. The molecule has 1 aromatic carbocycles. The van der Waals surface area contributed by atoms with Crippen LogP contribution >= 0.6 is 0 Å². The van der Waals surface area contributed by atoms with Gasteiger partial charge < -0.3 is 0 Å². The summed E-state index contributed by atoms with van der Waals surface area (Å²) in [4.78, 5) is 0. The third-order valence-corrected chi connectivity index (χ3v) is 1.56. The summed E-state index contributed by atoms with van der Waals surface area (Å²) in [6, 6.07) is 4.41. The van der Waals surface area contributed by atoms with Gasteiger partial charge in [0, 0.05) is 5.56 Å². The number of rotatable bonds is 3. The molecule has 0 heterocycles. The summed E-state index contributed by atoms with van der Waals surface area (Å²) in [6.07, 6.45) is 0.251. The predicted octanol–water partition coefficient (Wildman–Crippen LogP) is 2.67. The maximum atomic E-state index is 12.8. The Kier molecular flexibility index (Phi) is 3.14. The van der Waals surface area contributed by atoms with Crippen molar-refractivity contribution in [1.29, 1.82) is 0 Å². The summed E-state index contributed by atoms with van der Waals surface area (Å²) in [5.74, 6) is -1.30. The van der Waals surface area contributed by atoms with Crippen molar-refractivity contribution in [2.75, 3.05) is 6.67 Å². The van der Waals surface area contributed by atoms with Gasteiger partial charge in [0.25, 0.3) is 0 Å². The zero-order valence-electron chi connectivity index (χ0n) is 6.41. The molecule has 1 aromatic rings. The van der Waals surface area contributed by atoms with Crippen LogP contribution in [-0.4, -0.2) is 6.67 Å². The van der Waals surface area contributed by atoms with Crippen molar-refractivity contribution in [3.8, 4) is 0 Å². The van der Waals surface area contributed by atoms with Crippen molar-refractivity contribution in [2.24, 2.45) is 0 Å². The Morgan fingerprint density at radius 1 is 1.17 bits per heavy atom. The highest BCUT2D eigenvalue weighted by Crippen LogP contribution is 2.13. The quantitative estimate of drug-likeness (QED) is 0.659. The second-order valence-electron chi connectivity index (χ2n) is 2.42. The highest BCUT2D eigenvalue weighted by molar-refractivity contribution is 5.18. The second-order valence-corrected chi connectivity index (χ2v) is 2.42. The van der Waals surface area contributed by atoms with Crippen LogP contribution in [0.5, 0.6) is 0 Å². The molecule has 0 nitrogen and oxygen atoms in total. The molecule has 1 rings (SSSR count). The van der Waals surface area contributed by atoms with Gasteiger partial charge >= 0.3 is 0 Å². The SMILES string of the molecule is FCCCc1c(F)c[c]cc1F. The monoisotopic (exact) mass is 173 g/mol. The van der Waals surface area contributed by atoms with Crippen LogP contribution in [0.2, 0.25) is 0 Å². The lowest BCUT2D eigenvalue weighted by Gasteiger charge is -2.01. The zero-order chi connectivity index (χ0) is 8.97. The molecular weight excluding hydrogens is 165 g/mol. The van der Waals surface area contributed by atoms with Gasteiger partial charge in [-0.3, -0.25) is 4.39 Å². The third kappa shape index (κ3) is 2.00. The molecule has 0 spiro atoms. The van der Waals surface area contributed by atoms with Crippen LogP contribution in [0.1, 0.15) is 12.0 Å². The molecule has 0 bridgehead atoms. The van der Waals surface area contributed by atoms with Crippen LogP contribution in [0.15, 0.2) is 12.1 Å². The molecule has 0 aliphatic carbocycles. The van der Waals surface area contributed by atoms with Gasteiger partial charge in [-0.1, -0.05) is 0 Å². The molecule has 1 radical (unpaired) electrons. The van der Waals surface area contributed by atoms with Crippen LogP contribution < -0.4 is 0 Å². The van der Waals surface area contributed by atoms with E-state index in [1.54, 1.807) is 0 Å². The maximum Gasteiger partial charge on any atom is 0.129 e. The summed E-state index contributed by atoms with van der Waals surface area (Å²) < 4.78 is 37.2. The minimum atomic E-state index is -0.650.